The molecule has 1 aliphatic heterocycles. The molecule has 3 N–H and O–H groups in total. The summed E-state index contributed by atoms with van der Waals surface area (Å²) in [4.78, 5) is 43.7. The molecule has 0 atom stereocenters. The molecule has 0 radical (unpaired) electrons. The number of nitrogens with one attached hydrogen (secondary N) is 3. The lowest BCUT2D eigenvalue weighted by Gasteiger charge is -2.42. The number of ether oxygens (including phenoxy) is 1. The third kappa shape index (κ3) is 6.13. The monoisotopic (exact) mass is 535 g/mol. The quantitative estimate of drug-likeness (QED) is 0.393. The molecule has 3 amide bonds. The van der Waals surface area contributed by atoms with E-state index in [1.54, 1.807) is 35.1 Å². The van der Waals surface area contributed by atoms with E-state index in [1.807, 2.05) is 26.8 Å². The van der Waals surface area contributed by atoms with Crippen LogP contribution in [0.25, 0.3) is 11.4 Å². The standard InChI is InChI=1S/C26H33N9O4/c1-26(2,3)25(38)35-12-15(13-35)10-20(36)30-19-11-18(21(32-31-19)24(37)27-4)29-17-9-7-8-16(22(17)39-6)23-28-14-34(5)33-23/h7-9,11,14-15H,10,12-13H2,1-6H3,(H,27,37)(H2,29,30,31,36). The maximum Gasteiger partial charge on any atom is 0.273 e. The van der Waals surface area contributed by atoms with Gasteiger partial charge < -0.3 is 25.6 Å². The first kappa shape index (κ1) is 27.5. The van der Waals surface area contributed by atoms with E-state index >= 15 is 0 Å². The van der Waals surface area contributed by atoms with Gasteiger partial charge in [-0.2, -0.15) is 5.10 Å². The van der Waals surface area contributed by atoms with E-state index in [4.69, 9.17) is 4.74 Å². The largest absolute Gasteiger partial charge is 0.494 e. The maximum absolute atomic E-state index is 12.7. The third-order valence-corrected chi connectivity index (χ3v) is 6.19. The van der Waals surface area contributed by atoms with Crippen LogP contribution in [0.3, 0.4) is 0 Å². The smallest absolute Gasteiger partial charge is 0.273 e. The van der Waals surface area contributed by atoms with Gasteiger partial charge in [-0.1, -0.05) is 26.8 Å². The molecular formula is C26H33N9O4. The number of anilines is 3. The van der Waals surface area contributed by atoms with Crippen molar-refractivity contribution in [1.29, 1.82) is 0 Å². The molecule has 1 saturated heterocycles. The fraction of sp³-hybridized carbons (Fsp3) is 0.423. The predicted molar refractivity (Wildman–Crippen MR) is 144 cm³/mol. The van der Waals surface area contributed by atoms with Crippen molar-refractivity contribution in [3.63, 3.8) is 0 Å². The number of amides is 3. The van der Waals surface area contributed by atoms with Crippen LogP contribution in [-0.2, 0) is 16.6 Å². The highest BCUT2D eigenvalue weighted by atomic mass is 16.5. The summed E-state index contributed by atoms with van der Waals surface area (Å²) in [6.45, 7) is 6.72. The average molecular weight is 536 g/mol. The molecule has 1 fully saturated rings. The second-order valence-corrected chi connectivity index (χ2v) is 10.4. The lowest BCUT2D eigenvalue weighted by molar-refractivity contribution is -0.147. The van der Waals surface area contributed by atoms with Gasteiger partial charge in [0.15, 0.2) is 23.1 Å². The van der Waals surface area contributed by atoms with Crippen molar-refractivity contribution in [2.24, 2.45) is 18.4 Å². The fourth-order valence-electron chi connectivity index (χ4n) is 4.27. The minimum absolute atomic E-state index is 0.0363. The predicted octanol–water partition coefficient (Wildman–Crippen LogP) is 2.22. The topological polar surface area (TPSA) is 156 Å². The molecule has 0 saturated carbocycles. The molecule has 1 aliphatic rings. The first-order chi connectivity index (χ1) is 18.5. The Labute approximate surface area is 226 Å². The summed E-state index contributed by atoms with van der Waals surface area (Å²) in [5.74, 6) is 0.554. The molecule has 13 nitrogen and oxygen atoms in total. The molecule has 0 spiro atoms. The van der Waals surface area contributed by atoms with Crippen LogP contribution in [0, 0.1) is 11.3 Å². The van der Waals surface area contributed by atoms with Gasteiger partial charge in [0.25, 0.3) is 5.91 Å². The van der Waals surface area contributed by atoms with E-state index in [2.05, 4.69) is 36.2 Å². The Hall–Kier alpha value is -4.55. The number of carbonyl (C=O) groups is 3. The number of carbonyl (C=O) groups excluding carboxylic acids is 3. The van der Waals surface area contributed by atoms with Gasteiger partial charge in [0, 0.05) is 51.0 Å². The highest BCUT2D eigenvalue weighted by molar-refractivity contribution is 5.99. The van der Waals surface area contributed by atoms with Gasteiger partial charge in [-0.05, 0) is 12.1 Å². The zero-order chi connectivity index (χ0) is 28.3. The minimum atomic E-state index is -0.456. The number of para-hydroxylation sites is 1. The van der Waals surface area contributed by atoms with Crippen LogP contribution in [0.5, 0.6) is 5.75 Å². The first-order valence-electron chi connectivity index (χ1n) is 12.5. The van der Waals surface area contributed by atoms with Crippen molar-refractivity contribution in [3.8, 4) is 17.1 Å². The zero-order valence-electron chi connectivity index (χ0n) is 22.9. The van der Waals surface area contributed by atoms with Gasteiger partial charge >= 0.3 is 0 Å². The molecule has 3 aromatic rings. The molecule has 2 aromatic heterocycles. The SMILES string of the molecule is CNC(=O)c1nnc(NC(=O)CC2CN(C(=O)C(C)(C)C)C2)cc1Nc1cccc(-c2ncn(C)n2)c1OC. The summed E-state index contributed by atoms with van der Waals surface area (Å²) in [6, 6.07) is 6.95. The Morgan fingerprint density at radius 3 is 2.49 bits per heavy atom. The Morgan fingerprint density at radius 2 is 1.87 bits per heavy atom. The van der Waals surface area contributed by atoms with Crippen molar-refractivity contribution in [2.75, 3.05) is 37.9 Å². The van der Waals surface area contributed by atoms with Crippen LogP contribution < -0.4 is 20.7 Å². The van der Waals surface area contributed by atoms with Gasteiger partial charge in [-0.25, -0.2) is 4.98 Å². The fourth-order valence-corrected chi connectivity index (χ4v) is 4.27. The van der Waals surface area contributed by atoms with E-state index in [-0.39, 0.29) is 35.7 Å². The van der Waals surface area contributed by atoms with Crippen molar-refractivity contribution in [1.82, 2.24) is 35.2 Å². The molecule has 0 aliphatic carbocycles. The summed E-state index contributed by atoms with van der Waals surface area (Å²) in [5, 5.41) is 20.9. The number of likely N-dealkylation sites (tertiary alicyclic amines) is 1. The highest BCUT2D eigenvalue weighted by Gasteiger charge is 2.37. The summed E-state index contributed by atoms with van der Waals surface area (Å²) < 4.78 is 7.24. The van der Waals surface area contributed by atoms with Crippen LogP contribution in [0.4, 0.5) is 17.2 Å². The van der Waals surface area contributed by atoms with Gasteiger partial charge in [0.2, 0.25) is 11.8 Å². The molecule has 13 heteroatoms. The van der Waals surface area contributed by atoms with Crippen LogP contribution >= 0.6 is 0 Å². The van der Waals surface area contributed by atoms with Crippen molar-refractivity contribution < 1.29 is 19.1 Å². The highest BCUT2D eigenvalue weighted by Crippen LogP contribution is 2.37. The van der Waals surface area contributed by atoms with Crippen molar-refractivity contribution in [3.05, 3.63) is 36.3 Å². The average Bonchev–Trinajstić information content (AvgIpc) is 3.30. The van der Waals surface area contributed by atoms with E-state index in [1.165, 1.54) is 20.2 Å². The van der Waals surface area contributed by atoms with Gasteiger partial charge in [0.05, 0.1) is 24.0 Å². The Kier molecular flexibility index (Phi) is 7.79. The molecule has 0 bridgehead atoms. The molecule has 1 aromatic carbocycles. The molecule has 206 valence electrons. The number of hydrogen-bond donors (Lipinski definition) is 3. The molecule has 0 unspecified atom stereocenters. The van der Waals surface area contributed by atoms with Crippen LogP contribution in [0.2, 0.25) is 0 Å². The van der Waals surface area contributed by atoms with Crippen LogP contribution in [0.1, 0.15) is 37.7 Å². The van der Waals surface area contributed by atoms with Crippen molar-refractivity contribution >= 4 is 34.9 Å². The normalized spacial score (nSPS) is 13.4. The van der Waals surface area contributed by atoms with E-state index in [0.29, 0.717) is 41.6 Å². The van der Waals surface area contributed by atoms with Crippen LogP contribution in [-0.4, -0.2) is 74.8 Å². The molecule has 39 heavy (non-hydrogen) atoms. The Balaban J connectivity index is 1.52. The summed E-state index contributed by atoms with van der Waals surface area (Å²) in [5.41, 5.74) is 1.09. The maximum atomic E-state index is 12.7. The molecule has 3 heterocycles. The Bertz CT molecular complexity index is 1390. The van der Waals surface area contributed by atoms with Gasteiger partial charge in [-0.3, -0.25) is 19.1 Å². The molecule has 4 rings (SSSR count). The number of nitrogens with zero attached hydrogens (tertiary/aromatic N) is 6. The van der Waals surface area contributed by atoms with Gasteiger partial charge in [0.1, 0.15) is 6.33 Å². The number of aromatic nitrogens is 5. The van der Waals surface area contributed by atoms with E-state index in [0.717, 1.165) is 0 Å². The lowest BCUT2D eigenvalue weighted by Crippen LogP contribution is -2.54. The second kappa shape index (κ2) is 11.1. The number of methoxy groups -OCH3 is 1. The van der Waals surface area contributed by atoms with Crippen LogP contribution in [0.15, 0.2) is 30.6 Å². The number of aryl methyl sites for hydroxylation is 1. The zero-order valence-corrected chi connectivity index (χ0v) is 22.9. The first-order valence-corrected chi connectivity index (χ1v) is 12.5. The molecular weight excluding hydrogens is 502 g/mol. The van der Waals surface area contributed by atoms with Crippen molar-refractivity contribution in [2.45, 2.75) is 27.2 Å². The third-order valence-electron chi connectivity index (χ3n) is 6.19. The summed E-state index contributed by atoms with van der Waals surface area (Å²) >= 11 is 0. The number of benzene rings is 1. The minimum Gasteiger partial charge on any atom is -0.494 e. The van der Waals surface area contributed by atoms with E-state index < -0.39 is 11.3 Å². The van der Waals surface area contributed by atoms with E-state index in [9.17, 15) is 14.4 Å². The lowest BCUT2D eigenvalue weighted by atomic mass is 9.89. The summed E-state index contributed by atoms with van der Waals surface area (Å²) in [6.07, 6.45) is 1.83. The number of hydrogen-bond acceptors (Lipinski definition) is 9. The summed E-state index contributed by atoms with van der Waals surface area (Å²) in [7, 11) is 4.79. The Morgan fingerprint density at radius 1 is 1.13 bits per heavy atom. The second-order valence-electron chi connectivity index (χ2n) is 10.4. The number of rotatable bonds is 8. The van der Waals surface area contributed by atoms with Gasteiger partial charge in [-0.15, -0.1) is 10.2 Å².